The number of benzene rings is 1. The lowest BCUT2D eigenvalue weighted by atomic mass is 9.82. The fourth-order valence-corrected chi connectivity index (χ4v) is 6.00. The van der Waals surface area contributed by atoms with Crippen molar-refractivity contribution < 1.29 is 23.8 Å². The fourth-order valence-electron chi connectivity index (χ4n) is 5.07. The highest BCUT2D eigenvalue weighted by molar-refractivity contribution is 7.15. The molecule has 0 radical (unpaired) electrons. The van der Waals surface area contributed by atoms with Gasteiger partial charge in [0, 0.05) is 31.4 Å². The van der Waals surface area contributed by atoms with Gasteiger partial charge in [0.2, 0.25) is 5.91 Å². The molecule has 1 heterocycles. The minimum absolute atomic E-state index is 0.0201. The summed E-state index contributed by atoms with van der Waals surface area (Å²) in [5, 5.41) is 0.794. The zero-order chi connectivity index (χ0) is 24.9. The molecule has 0 aliphatic heterocycles. The molecular formula is C28H37NO5S. The lowest BCUT2D eigenvalue weighted by Crippen LogP contribution is -2.49. The number of ether oxygens (including phenoxy) is 3. The highest BCUT2D eigenvalue weighted by atomic mass is 32.1. The van der Waals surface area contributed by atoms with Crippen molar-refractivity contribution >= 4 is 29.2 Å². The van der Waals surface area contributed by atoms with Crippen LogP contribution in [0.2, 0.25) is 0 Å². The molecule has 7 heteroatoms. The largest absolute Gasteiger partial charge is 0.446 e. The van der Waals surface area contributed by atoms with Crippen LogP contribution in [-0.2, 0) is 14.3 Å². The zero-order valence-corrected chi connectivity index (χ0v) is 22.1. The Bertz CT molecular complexity index is 1020. The Labute approximate surface area is 212 Å². The zero-order valence-electron chi connectivity index (χ0n) is 21.2. The third kappa shape index (κ3) is 6.13. The molecule has 2 aliphatic carbocycles. The van der Waals surface area contributed by atoms with Crippen LogP contribution in [0.15, 0.2) is 24.3 Å². The van der Waals surface area contributed by atoms with E-state index in [1.165, 1.54) is 11.3 Å². The average molecular weight is 500 g/mol. The Hall–Kier alpha value is -2.22. The number of carbonyl (C=O) groups is 2. The Kier molecular flexibility index (Phi) is 8.63. The Balaban J connectivity index is 1.61. The number of anilines is 1. The molecule has 2 fully saturated rings. The van der Waals surface area contributed by atoms with Gasteiger partial charge < -0.3 is 19.1 Å². The summed E-state index contributed by atoms with van der Waals surface area (Å²) in [5.41, 5.74) is 2.95. The minimum atomic E-state index is -0.212. The number of methoxy groups -OCH3 is 2. The number of aldehydes is 1. The number of carbonyl (C=O) groups excluding carboxylic acids is 2. The highest BCUT2D eigenvalue weighted by Crippen LogP contribution is 2.49. The lowest BCUT2D eigenvalue weighted by Gasteiger charge is -2.36. The van der Waals surface area contributed by atoms with Crippen LogP contribution in [0.25, 0.3) is 0 Å². The van der Waals surface area contributed by atoms with Crippen molar-refractivity contribution in [1.82, 2.24) is 0 Å². The number of hydrogen-bond acceptors (Lipinski definition) is 6. The number of thiophene rings is 1. The van der Waals surface area contributed by atoms with Gasteiger partial charge in [-0.3, -0.25) is 9.59 Å². The molecule has 1 aromatic carbocycles. The topological polar surface area (TPSA) is 65.1 Å². The molecule has 0 saturated heterocycles. The van der Waals surface area contributed by atoms with E-state index in [2.05, 4.69) is 6.92 Å². The predicted molar refractivity (Wildman–Crippen MR) is 139 cm³/mol. The van der Waals surface area contributed by atoms with Crippen LogP contribution in [0.4, 0.5) is 5.69 Å². The molecule has 35 heavy (non-hydrogen) atoms. The summed E-state index contributed by atoms with van der Waals surface area (Å²) < 4.78 is 17.2. The summed E-state index contributed by atoms with van der Waals surface area (Å²) in [6.45, 7) is 5.07. The van der Waals surface area contributed by atoms with Gasteiger partial charge in [0.15, 0.2) is 11.3 Å². The number of rotatable bonds is 11. The van der Waals surface area contributed by atoms with E-state index in [0.717, 1.165) is 66.7 Å². The Morgan fingerprint density at radius 3 is 2.34 bits per heavy atom. The van der Waals surface area contributed by atoms with Gasteiger partial charge in [-0.1, -0.05) is 18.3 Å². The fraction of sp³-hybridized carbons (Fsp3) is 0.571. The first-order valence-corrected chi connectivity index (χ1v) is 13.4. The van der Waals surface area contributed by atoms with E-state index in [1.54, 1.807) is 14.2 Å². The Morgan fingerprint density at radius 1 is 1.09 bits per heavy atom. The van der Waals surface area contributed by atoms with E-state index in [1.807, 2.05) is 36.1 Å². The molecule has 0 spiro atoms. The van der Waals surface area contributed by atoms with Crippen LogP contribution in [0, 0.1) is 18.8 Å². The van der Waals surface area contributed by atoms with E-state index in [9.17, 15) is 9.59 Å². The van der Waals surface area contributed by atoms with E-state index in [0.29, 0.717) is 35.7 Å². The smallest absolute Gasteiger partial charge is 0.230 e. The van der Waals surface area contributed by atoms with Crippen molar-refractivity contribution in [2.24, 2.45) is 11.8 Å². The van der Waals surface area contributed by atoms with Crippen molar-refractivity contribution in [3.05, 3.63) is 40.3 Å². The van der Waals surface area contributed by atoms with E-state index < -0.39 is 0 Å². The van der Waals surface area contributed by atoms with Crippen LogP contribution in [0.1, 0.15) is 72.2 Å². The summed E-state index contributed by atoms with van der Waals surface area (Å²) >= 11 is 1.39. The summed E-state index contributed by atoms with van der Waals surface area (Å²) in [6, 6.07) is 7.61. The quantitative estimate of drug-likeness (QED) is 0.337. The van der Waals surface area contributed by atoms with Gasteiger partial charge in [-0.25, -0.2) is 0 Å². The van der Waals surface area contributed by atoms with Gasteiger partial charge in [-0.15, -0.1) is 0 Å². The van der Waals surface area contributed by atoms with Crippen molar-refractivity contribution in [3.8, 4) is 10.8 Å². The highest BCUT2D eigenvalue weighted by Gasteiger charge is 2.34. The Morgan fingerprint density at radius 2 is 1.77 bits per heavy atom. The van der Waals surface area contributed by atoms with Crippen molar-refractivity contribution in [2.45, 2.75) is 64.3 Å². The van der Waals surface area contributed by atoms with E-state index in [-0.39, 0.29) is 17.9 Å². The summed E-state index contributed by atoms with van der Waals surface area (Å²) in [7, 11) is 3.31. The summed E-state index contributed by atoms with van der Waals surface area (Å²) in [4.78, 5) is 27.8. The third-order valence-electron chi connectivity index (χ3n) is 7.20. The van der Waals surface area contributed by atoms with Crippen molar-refractivity contribution in [1.29, 1.82) is 0 Å². The van der Waals surface area contributed by atoms with Crippen LogP contribution in [-0.4, -0.2) is 45.7 Å². The van der Waals surface area contributed by atoms with E-state index >= 15 is 0 Å². The predicted octanol–water partition coefficient (Wildman–Crippen LogP) is 6.36. The molecule has 0 atom stereocenters. The maximum absolute atomic E-state index is 13.8. The molecule has 6 nitrogen and oxygen atoms in total. The van der Waals surface area contributed by atoms with E-state index in [4.69, 9.17) is 14.2 Å². The molecule has 2 aromatic rings. The van der Waals surface area contributed by atoms with Crippen LogP contribution in [0.3, 0.4) is 0 Å². The second-order valence-corrected chi connectivity index (χ2v) is 11.1. The van der Waals surface area contributed by atoms with Gasteiger partial charge >= 0.3 is 0 Å². The molecular weight excluding hydrogens is 462 g/mol. The molecule has 0 unspecified atom stereocenters. The summed E-state index contributed by atoms with van der Waals surface area (Å²) in [6.07, 6.45) is 7.18. The number of aryl methyl sites for hydroxylation is 1. The van der Waals surface area contributed by atoms with Gasteiger partial charge in [0.1, 0.15) is 5.75 Å². The van der Waals surface area contributed by atoms with Crippen LogP contribution >= 0.6 is 11.3 Å². The van der Waals surface area contributed by atoms with Gasteiger partial charge in [0.05, 0.1) is 24.1 Å². The maximum Gasteiger partial charge on any atom is 0.230 e. The molecule has 4 rings (SSSR count). The van der Waals surface area contributed by atoms with Crippen molar-refractivity contribution in [3.63, 3.8) is 0 Å². The standard InChI is InChI=1S/C28H37NO5S/c1-18-5-7-21(8-6-18)27(31)29(22(16-32-3)17-33-4)26-12-11-23(13-19(26)2)34-28-25(20-9-10-20)14-24(15-30)35-28/h11-15,18,20-22H,5-10,16-17H2,1-4H3. The summed E-state index contributed by atoms with van der Waals surface area (Å²) in [5.74, 6) is 2.05. The monoisotopic (exact) mass is 499 g/mol. The molecule has 0 N–H and O–H groups in total. The third-order valence-corrected chi connectivity index (χ3v) is 8.16. The normalized spacial score (nSPS) is 20.1. The van der Waals surface area contributed by atoms with Crippen molar-refractivity contribution in [2.75, 3.05) is 32.3 Å². The number of amides is 1. The maximum atomic E-state index is 13.8. The first kappa shape index (κ1) is 25.9. The first-order chi connectivity index (χ1) is 16.9. The van der Waals surface area contributed by atoms with Gasteiger partial charge in [-0.2, -0.15) is 0 Å². The molecule has 2 saturated carbocycles. The number of hydrogen-bond donors (Lipinski definition) is 0. The second kappa shape index (κ2) is 11.7. The molecule has 1 aromatic heterocycles. The molecule has 190 valence electrons. The molecule has 1 amide bonds. The second-order valence-electron chi connectivity index (χ2n) is 10.1. The molecule has 0 bridgehead atoms. The average Bonchev–Trinajstić information content (AvgIpc) is 3.61. The molecule has 2 aliphatic rings. The minimum Gasteiger partial charge on any atom is -0.446 e. The first-order valence-electron chi connectivity index (χ1n) is 12.6. The van der Waals surface area contributed by atoms with Gasteiger partial charge in [-0.05, 0) is 87.1 Å². The van der Waals surface area contributed by atoms with Crippen LogP contribution < -0.4 is 9.64 Å². The lowest BCUT2D eigenvalue weighted by molar-refractivity contribution is -0.124. The van der Waals surface area contributed by atoms with Crippen LogP contribution in [0.5, 0.6) is 10.8 Å². The number of nitrogens with zero attached hydrogens (tertiary/aromatic N) is 1. The van der Waals surface area contributed by atoms with Gasteiger partial charge in [0.25, 0.3) is 0 Å². The SMILES string of the molecule is COCC(COC)N(C(=O)C1CCC(C)CC1)c1ccc(Oc2sc(C=O)cc2C2CC2)cc1C.